The number of pyridine rings is 1. The molecule has 5 nitrogen and oxygen atoms in total. The molecule has 1 N–H and O–H groups in total. The van der Waals surface area contributed by atoms with Crippen LogP contribution in [0.4, 0.5) is 5.82 Å². The zero-order valence-electron chi connectivity index (χ0n) is 8.97. The number of anilines is 1. The Morgan fingerprint density at radius 1 is 1.56 bits per heavy atom. The molecule has 0 bridgehead atoms. The third kappa shape index (κ3) is 1.96. The molecule has 2 rings (SSSR count). The highest BCUT2D eigenvalue weighted by atomic mass is 32.1. The van der Waals surface area contributed by atoms with Gasteiger partial charge in [-0.25, -0.2) is 4.98 Å². The van der Waals surface area contributed by atoms with Crippen molar-refractivity contribution in [2.24, 2.45) is 0 Å². The Hall–Kier alpha value is -1.69. The van der Waals surface area contributed by atoms with E-state index in [-0.39, 0.29) is 6.54 Å². The number of aromatic nitrogens is 2. The van der Waals surface area contributed by atoms with Crippen LogP contribution in [0.1, 0.15) is 5.69 Å². The summed E-state index contributed by atoms with van der Waals surface area (Å²) in [6, 6.07) is 3.74. The van der Waals surface area contributed by atoms with Crippen LogP contribution in [0, 0.1) is 6.92 Å². The SMILES string of the molecule is Cc1nsc2nc(N(C)CC(=O)O)ccc12. The number of carbonyl (C=O) groups is 1. The number of aryl methyl sites for hydroxylation is 1. The number of hydrogen-bond donors (Lipinski definition) is 1. The van der Waals surface area contributed by atoms with E-state index in [0.29, 0.717) is 5.82 Å². The third-order valence-electron chi connectivity index (χ3n) is 2.27. The molecule has 0 aromatic carbocycles. The normalized spacial score (nSPS) is 10.6. The molecule has 0 aliphatic heterocycles. The van der Waals surface area contributed by atoms with Crippen LogP contribution in [0.25, 0.3) is 10.2 Å². The van der Waals surface area contributed by atoms with E-state index in [9.17, 15) is 4.79 Å². The van der Waals surface area contributed by atoms with Crippen LogP contribution in [-0.4, -0.2) is 34.0 Å². The second kappa shape index (κ2) is 4.05. The summed E-state index contributed by atoms with van der Waals surface area (Å²) < 4.78 is 4.20. The predicted octanol–water partition coefficient (Wildman–Crippen LogP) is 1.52. The van der Waals surface area contributed by atoms with Gasteiger partial charge in [0.15, 0.2) is 0 Å². The summed E-state index contributed by atoms with van der Waals surface area (Å²) in [4.78, 5) is 17.4. The Bertz CT molecular complexity index is 538. The number of likely N-dealkylation sites (N-methyl/N-ethyl adjacent to an activating group) is 1. The molecular formula is C10H11N3O2S. The molecule has 0 amide bonds. The van der Waals surface area contributed by atoms with Gasteiger partial charge in [0.2, 0.25) is 0 Å². The maximum Gasteiger partial charge on any atom is 0.323 e. The fourth-order valence-corrected chi connectivity index (χ4v) is 2.20. The minimum Gasteiger partial charge on any atom is -0.480 e. The zero-order chi connectivity index (χ0) is 11.7. The van der Waals surface area contributed by atoms with Gasteiger partial charge in [0.1, 0.15) is 17.2 Å². The van der Waals surface area contributed by atoms with Gasteiger partial charge in [-0.1, -0.05) is 0 Å². The number of carboxylic acid groups (broad SMARTS) is 1. The van der Waals surface area contributed by atoms with Crippen LogP contribution in [0.5, 0.6) is 0 Å². The number of aliphatic carboxylic acids is 1. The van der Waals surface area contributed by atoms with Gasteiger partial charge >= 0.3 is 5.97 Å². The standard InChI is InChI=1S/C10H11N3O2S/c1-6-7-3-4-8(11-10(7)16-12-6)13(2)5-9(14)15/h3-4H,5H2,1-2H3,(H,14,15). The van der Waals surface area contributed by atoms with Gasteiger partial charge in [0.05, 0.1) is 5.69 Å². The molecule has 0 radical (unpaired) electrons. The highest BCUT2D eigenvalue weighted by molar-refractivity contribution is 7.12. The highest BCUT2D eigenvalue weighted by Gasteiger charge is 2.09. The maximum absolute atomic E-state index is 10.6. The molecule has 2 aromatic rings. The molecule has 0 fully saturated rings. The summed E-state index contributed by atoms with van der Waals surface area (Å²) in [5.74, 6) is -0.219. The largest absolute Gasteiger partial charge is 0.480 e. The average Bonchev–Trinajstić information content (AvgIpc) is 2.59. The number of fused-ring (bicyclic) bond motifs is 1. The average molecular weight is 237 g/mol. The van der Waals surface area contributed by atoms with E-state index >= 15 is 0 Å². The molecule has 6 heteroatoms. The van der Waals surface area contributed by atoms with Crippen molar-refractivity contribution in [1.29, 1.82) is 0 Å². The van der Waals surface area contributed by atoms with Gasteiger partial charge in [-0.15, -0.1) is 0 Å². The third-order valence-corrected chi connectivity index (χ3v) is 3.12. The van der Waals surface area contributed by atoms with Crippen LogP contribution in [0.2, 0.25) is 0 Å². The molecule has 2 aromatic heterocycles. The van der Waals surface area contributed by atoms with Crippen LogP contribution in [-0.2, 0) is 4.79 Å². The predicted molar refractivity (Wildman–Crippen MR) is 63.1 cm³/mol. The molecular weight excluding hydrogens is 226 g/mol. The fourth-order valence-electron chi connectivity index (χ4n) is 1.43. The van der Waals surface area contributed by atoms with Crippen LogP contribution < -0.4 is 4.90 Å². The highest BCUT2D eigenvalue weighted by Crippen LogP contribution is 2.23. The molecule has 0 spiro atoms. The van der Waals surface area contributed by atoms with Gasteiger partial charge in [-0.05, 0) is 30.6 Å². The fraction of sp³-hybridized carbons (Fsp3) is 0.300. The number of rotatable bonds is 3. The molecule has 0 atom stereocenters. The molecule has 16 heavy (non-hydrogen) atoms. The van der Waals surface area contributed by atoms with E-state index in [0.717, 1.165) is 15.9 Å². The number of hydrogen-bond acceptors (Lipinski definition) is 5. The Morgan fingerprint density at radius 2 is 2.31 bits per heavy atom. The first kappa shape index (κ1) is 10.8. The van der Waals surface area contributed by atoms with Crippen molar-refractivity contribution >= 4 is 33.5 Å². The van der Waals surface area contributed by atoms with Gasteiger partial charge < -0.3 is 10.0 Å². The van der Waals surface area contributed by atoms with E-state index < -0.39 is 5.97 Å². The van der Waals surface area contributed by atoms with E-state index in [2.05, 4.69) is 9.36 Å². The summed E-state index contributed by atoms with van der Waals surface area (Å²) >= 11 is 1.33. The minimum atomic E-state index is -0.870. The smallest absolute Gasteiger partial charge is 0.323 e. The monoisotopic (exact) mass is 237 g/mol. The first-order valence-corrected chi connectivity index (χ1v) is 5.51. The summed E-state index contributed by atoms with van der Waals surface area (Å²) in [7, 11) is 1.70. The van der Waals surface area contributed by atoms with Crippen molar-refractivity contribution in [2.75, 3.05) is 18.5 Å². The van der Waals surface area contributed by atoms with Crippen molar-refractivity contribution in [2.45, 2.75) is 6.92 Å². The quantitative estimate of drug-likeness (QED) is 0.876. The first-order chi connectivity index (χ1) is 7.58. The molecule has 84 valence electrons. The summed E-state index contributed by atoms with van der Waals surface area (Å²) in [5, 5.41) is 9.71. The van der Waals surface area contributed by atoms with Gasteiger partial charge in [-0.2, -0.15) is 4.37 Å². The molecule has 0 aliphatic carbocycles. The molecule has 0 unspecified atom stereocenters. The van der Waals surface area contributed by atoms with Crippen LogP contribution in [0.3, 0.4) is 0 Å². The first-order valence-electron chi connectivity index (χ1n) is 4.74. The topological polar surface area (TPSA) is 66.3 Å². The van der Waals surface area contributed by atoms with Gasteiger partial charge in [-0.3, -0.25) is 4.79 Å². The Balaban J connectivity index is 2.35. The zero-order valence-corrected chi connectivity index (χ0v) is 9.78. The van der Waals surface area contributed by atoms with Crippen LogP contribution in [0.15, 0.2) is 12.1 Å². The van der Waals surface area contributed by atoms with Gasteiger partial charge in [0, 0.05) is 12.4 Å². The van der Waals surface area contributed by atoms with E-state index in [1.807, 2.05) is 19.1 Å². The summed E-state index contributed by atoms with van der Waals surface area (Å²) in [6.45, 7) is 1.87. The molecule has 0 saturated carbocycles. The lowest BCUT2D eigenvalue weighted by molar-refractivity contribution is -0.135. The van der Waals surface area contributed by atoms with Crippen LogP contribution >= 0.6 is 11.5 Å². The maximum atomic E-state index is 10.6. The molecule has 0 saturated heterocycles. The lowest BCUT2D eigenvalue weighted by atomic mass is 10.3. The van der Waals surface area contributed by atoms with Crippen molar-refractivity contribution in [1.82, 2.24) is 9.36 Å². The second-order valence-electron chi connectivity index (χ2n) is 3.54. The minimum absolute atomic E-state index is 0.0592. The molecule has 0 aliphatic rings. The lowest BCUT2D eigenvalue weighted by Crippen LogP contribution is -2.25. The van der Waals surface area contributed by atoms with E-state index in [1.165, 1.54) is 11.5 Å². The van der Waals surface area contributed by atoms with E-state index in [1.54, 1.807) is 11.9 Å². The lowest BCUT2D eigenvalue weighted by Gasteiger charge is -2.14. The van der Waals surface area contributed by atoms with Crippen molar-refractivity contribution in [3.8, 4) is 0 Å². The summed E-state index contributed by atoms with van der Waals surface area (Å²) in [5.41, 5.74) is 0.958. The number of carboxylic acids is 1. The van der Waals surface area contributed by atoms with Crippen molar-refractivity contribution in [3.63, 3.8) is 0 Å². The van der Waals surface area contributed by atoms with Crippen molar-refractivity contribution in [3.05, 3.63) is 17.8 Å². The molecule has 2 heterocycles. The Morgan fingerprint density at radius 3 is 3.00 bits per heavy atom. The number of nitrogens with zero attached hydrogens (tertiary/aromatic N) is 3. The Kier molecular flexibility index (Phi) is 2.74. The second-order valence-corrected chi connectivity index (χ2v) is 4.29. The van der Waals surface area contributed by atoms with Crippen molar-refractivity contribution < 1.29 is 9.90 Å². The Labute approximate surface area is 96.5 Å². The van der Waals surface area contributed by atoms with Gasteiger partial charge in [0.25, 0.3) is 0 Å². The summed E-state index contributed by atoms with van der Waals surface area (Å²) in [6.07, 6.45) is 0. The van der Waals surface area contributed by atoms with E-state index in [4.69, 9.17) is 5.11 Å².